The zero-order chi connectivity index (χ0) is 23.0. The molecule has 1 aromatic heterocycles. The fourth-order valence-electron chi connectivity index (χ4n) is 3.24. The number of rotatable bonds is 11. The molecule has 31 heavy (non-hydrogen) atoms. The first-order valence-corrected chi connectivity index (χ1v) is 10.8. The van der Waals surface area contributed by atoms with Crippen molar-refractivity contribution >= 4 is 36.3 Å². The van der Waals surface area contributed by atoms with Crippen molar-refractivity contribution in [2.75, 3.05) is 12.3 Å². The van der Waals surface area contributed by atoms with Gasteiger partial charge >= 0.3 is 5.97 Å². The summed E-state index contributed by atoms with van der Waals surface area (Å²) in [6.07, 6.45) is 4.60. The average Bonchev–Trinajstić information content (AvgIpc) is 3.42. The van der Waals surface area contributed by atoms with Gasteiger partial charge in [-0.25, -0.2) is 9.78 Å². The number of hydrogen-bond acceptors (Lipinski definition) is 7. The van der Waals surface area contributed by atoms with Crippen LogP contribution in [0.5, 0.6) is 0 Å². The molecule has 0 spiro atoms. The van der Waals surface area contributed by atoms with Crippen molar-refractivity contribution in [1.29, 1.82) is 0 Å². The van der Waals surface area contributed by atoms with Crippen molar-refractivity contribution in [3.05, 3.63) is 18.2 Å². The second kappa shape index (κ2) is 11.7. The number of H-pyrrole nitrogens is 1. The van der Waals surface area contributed by atoms with Gasteiger partial charge in [0, 0.05) is 24.1 Å². The van der Waals surface area contributed by atoms with Crippen molar-refractivity contribution < 1.29 is 24.3 Å². The van der Waals surface area contributed by atoms with Crippen LogP contribution < -0.4 is 21.3 Å². The van der Waals surface area contributed by atoms with E-state index in [1.807, 2.05) is 0 Å². The second-order valence-corrected chi connectivity index (χ2v) is 8.17. The first-order valence-electron chi connectivity index (χ1n) is 10.2. The van der Waals surface area contributed by atoms with Gasteiger partial charge in [0.25, 0.3) is 0 Å². The van der Waals surface area contributed by atoms with Gasteiger partial charge in [-0.2, -0.15) is 12.6 Å². The Morgan fingerprint density at radius 2 is 1.90 bits per heavy atom. The van der Waals surface area contributed by atoms with E-state index in [-0.39, 0.29) is 30.0 Å². The van der Waals surface area contributed by atoms with Crippen LogP contribution >= 0.6 is 12.6 Å². The minimum absolute atomic E-state index is 0.0689. The molecule has 2 rings (SSSR count). The van der Waals surface area contributed by atoms with Crippen LogP contribution in [0.3, 0.4) is 0 Å². The molecule has 172 valence electrons. The summed E-state index contributed by atoms with van der Waals surface area (Å²) in [6, 6.07) is -3.47. The van der Waals surface area contributed by atoms with E-state index in [0.717, 1.165) is 13.0 Å². The highest BCUT2D eigenvalue weighted by Gasteiger charge is 2.32. The zero-order valence-electron chi connectivity index (χ0n) is 17.6. The van der Waals surface area contributed by atoms with Crippen LogP contribution in [0, 0.1) is 5.92 Å². The molecule has 6 N–H and O–H groups in total. The van der Waals surface area contributed by atoms with Gasteiger partial charge in [0.1, 0.15) is 18.1 Å². The van der Waals surface area contributed by atoms with Crippen LogP contribution in [0.25, 0.3) is 0 Å². The number of thiol groups is 1. The third-order valence-corrected chi connectivity index (χ3v) is 5.40. The van der Waals surface area contributed by atoms with Gasteiger partial charge in [-0.05, 0) is 25.3 Å². The summed E-state index contributed by atoms with van der Waals surface area (Å²) in [5.41, 5.74) is 0.582. The Bertz CT molecular complexity index is 766. The summed E-state index contributed by atoms with van der Waals surface area (Å²) in [7, 11) is 0. The molecule has 0 saturated carbocycles. The van der Waals surface area contributed by atoms with E-state index in [9.17, 15) is 24.3 Å². The monoisotopic (exact) mass is 454 g/mol. The Morgan fingerprint density at radius 3 is 2.42 bits per heavy atom. The van der Waals surface area contributed by atoms with Crippen LogP contribution in [0.1, 0.15) is 32.4 Å². The number of hydrogen-bond donors (Lipinski definition) is 7. The molecule has 3 amide bonds. The van der Waals surface area contributed by atoms with E-state index in [4.69, 9.17) is 0 Å². The lowest BCUT2D eigenvalue weighted by molar-refractivity contribution is -0.141. The van der Waals surface area contributed by atoms with Crippen LogP contribution in [0.2, 0.25) is 0 Å². The standard InChI is InChI=1S/C19H30N6O5S/c1-10(2)15(25-16(26)12-4-3-5-21-12)18(28)23-13(6-11-7-20-9-22-11)17(27)24-14(8-31)19(29)30/h7,9-10,12-15,21,31H,3-6,8H2,1-2H3,(H,20,22)(H,23,28)(H,24,27)(H,25,26)(H,29,30). The molecule has 4 atom stereocenters. The highest BCUT2D eigenvalue weighted by atomic mass is 32.1. The lowest BCUT2D eigenvalue weighted by Crippen LogP contribution is -2.59. The molecule has 11 nitrogen and oxygen atoms in total. The molecule has 1 aromatic rings. The SMILES string of the molecule is CC(C)C(NC(=O)C1CCCN1)C(=O)NC(Cc1cnc[nH]1)C(=O)NC(CS)C(=O)O. The summed E-state index contributed by atoms with van der Waals surface area (Å²) in [4.78, 5) is 56.2. The number of imidazole rings is 1. The number of aliphatic carboxylic acids is 1. The summed E-state index contributed by atoms with van der Waals surface area (Å²) in [5.74, 6) is -3.03. The van der Waals surface area contributed by atoms with Crippen molar-refractivity contribution in [3.8, 4) is 0 Å². The number of amides is 3. The van der Waals surface area contributed by atoms with Gasteiger partial charge < -0.3 is 31.4 Å². The van der Waals surface area contributed by atoms with Crippen molar-refractivity contribution in [2.24, 2.45) is 5.92 Å². The Labute approximate surface area is 185 Å². The van der Waals surface area contributed by atoms with Gasteiger partial charge in [0.05, 0.1) is 12.4 Å². The fraction of sp³-hybridized carbons (Fsp3) is 0.632. The van der Waals surface area contributed by atoms with Gasteiger partial charge in [-0.15, -0.1) is 0 Å². The summed E-state index contributed by atoms with van der Waals surface area (Å²) >= 11 is 3.94. The molecule has 1 saturated heterocycles. The molecular formula is C19H30N6O5S. The van der Waals surface area contributed by atoms with E-state index >= 15 is 0 Å². The molecule has 1 aliphatic rings. The van der Waals surface area contributed by atoms with E-state index in [2.05, 4.69) is 43.9 Å². The largest absolute Gasteiger partial charge is 0.480 e. The lowest BCUT2D eigenvalue weighted by atomic mass is 10.0. The predicted octanol–water partition coefficient (Wildman–Crippen LogP) is -1.17. The number of carboxylic acid groups (broad SMARTS) is 1. The van der Waals surface area contributed by atoms with Crippen molar-refractivity contribution in [3.63, 3.8) is 0 Å². The molecule has 12 heteroatoms. The quantitative estimate of drug-likeness (QED) is 0.207. The van der Waals surface area contributed by atoms with Crippen molar-refractivity contribution in [2.45, 2.75) is 57.3 Å². The highest BCUT2D eigenvalue weighted by Crippen LogP contribution is 2.09. The zero-order valence-corrected chi connectivity index (χ0v) is 18.4. The highest BCUT2D eigenvalue weighted by molar-refractivity contribution is 7.80. The van der Waals surface area contributed by atoms with Gasteiger partial charge in [-0.3, -0.25) is 14.4 Å². The molecule has 2 heterocycles. The Kier molecular flexibility index (Phi) is 9.31. The normalized spacial score (nSPS) is 18.8. The molecule has 1 fully saturated rings. The van der Waals surface area contributed by atoms with Crippen LogP contribution in [0.4, 0.5) is 0 Å². The molecule has 0 aromatic carbocycles. The molecule has 4 unspecified atom stereocenters. The number of carbonyl (C=O) groups excluding carboxylic acids is 3. The number of nitrogens with zero attached hydrogens (tertiary/aromatic N) is 1. The van der Waals surface area contributed by atoms with Gasteiger partial charge in [0.15, 0.2) is 0 Å². The molecule has 0 radical (unpaired) electrons. The number of carboxylic acids is 1. The molecular weight excluding hydrogens is 424 g/mol. The summed E-state index contributed by atoms with van der Waals surface area (Å²) in [5, 5.41) is 20.1. The average molecular weight is 455 g/mol. The summed E-state index contributed by atoms with van der Waals surface area (Å²) < 4.78 is 0. The number of aromatic nitrogens is 2. The minimum atomic E-state index is -1.23. The lowest BCUT2D eigenvalue weighted by Gasteiger charge is -2.26. The van der Waals surface area contributed by atoms with Gasteiger partial charge in [-0.1, -0.05) is 13.8 Å². The Balaban J connectivity index is 2.11. The first kappa shape index (κ1) is 24.7. The predicted molar refractivity (Wildman–Crippen MR) is 115 cm³/mol. The third-order valence-electron chi connectivity index (χ3n) is 5.03. The minimum Gasteiger partial charge on any atom is -0.480 e. The van der Waals surface area contributed by atoms with E-state index in [1.54, 1.807) is 13.8 Å². The maximum Gasteiger partial charge on any atom is 0.327 e. The fourth-order valence-corrected chi connectivity index (χ4v) is 3.49. The Morgan fingerprint density at radius 1 is 1.19 bits per heavy atom. The van der Waals surface area contributed by atoms with Crippen LogP contribution in [-0.2, 0) is 25.6 Å². The van der Waals surface area contributed by atoms with Crippen molar-refractivity contribution in [1.82, 2.24) is 31.2 Å². The molecule has 0 aliphatic carbocycles. The second-order valence-electron chi connectivity index (χ2n) is 7.80. The van der Waals surface area contributed by atoms with Crippen LogP contribution in [0.15, 0.2) is 12.5 Å². The molecule has 1 aliphatic heterocycles. The van der Waals surface area contributed by atoms with Crippen LogP contribution in [-0.4, -0.2) is 75.2 Å². The maximum atomic E-state index is 13.0. The third kappa shape index (κ3) is 7.24. The van der Waals surface area contributed by atoms with E-state index in [0.29, 0.717) is 12.1 Å². The smallest absolute Gasteiger partial charge is 0.327 e. The topological polar surface area (TPSA) is 165 Å². The van der Waals surface area contributed by atoms with E-state index < -0.39 is 35.9 Å². The number of aromatic amines is 1. The molecule has 0 bridgehead atoms. The van der Waals surface area contributed by atoms with Gasteiger partial charge in [0.2, 0.25) is 17.7 Å². The Hall–Kier alpha value is -2.60. The number of carbonyl (C=O) groups is 4. The maximum absolute atomic E-state index is 13.0. The summed E-state index contributed by atoms with van der Waals surface area (Å²) in [6.45, 7) is 4.33. The number of nitrogens with one attached hydrogen (secondary N) is 5. The van der Waals surface area contributed by atoms with E-state index in [1.165, 1.54) is 12.5 Å². The first-order chi connectivity index (χ1) is 14.7.